The standard InChI is InChI=1S/C10H12Br4O/c1-8(2)6(7(11)12)5-3-4-9(8,15)10(5,13)14/h5,15H,3-4H2,1-2H3/t5-,9-/m0/s1. The summed E-state index contributed by atoms with van der Waals surface area (Å²) >= 11 is 14.3. The molecule has 0 aromatic heterocycles. The Morgan fingerprint density at radius 2 is 1.87 bits per heavy atom. The molecule has 2 fully saturated rings. The van der Waals surface area contributed by atoms with Crippen LogP contribution in [0.3, 0.4) is 0 Å². The molecule has 2 saturated carbocycles. The van der Waals surface area contributed by atoms with Crippen LogP contribution in [0.2, 0.25) is 0 Å². The molecular weight excluding hydrogens is 456 g/mol. The minimum Gasteiger partial charge on any atom is -0.387 e. The second-order valence-corrected chi connectivity index (χ2v) is 11.1. The maximum Gasteiger partial charge on any atom is 0.116 e. The smallest absolute Gasteiger partial charge is 0.116 e. The van der Waals surface area contributed by atoms with E-state index < -0.39 is 8.83 Å². The maximum absolute atomic E-state index is 10.8. The van der Waals surface area contributed by atoms with Gasteiger partial charge in [-0.3, -0.25) is 0 Å². The first-order chi connectivity index (χ1) is 6.66. The Morgan fingerprint density at radius 3 is 2.13 bits per heavy atom. The Kier molecular flexibility index (Phi) is 3.10. The van der Waals surface area contributed by atoms with Crippen LogP contribution in [-0.4, -0.2) is 13.9 Å². The maximum atomic E-state index is 10.8. The monoisotopic (exact) mass is 464 g/mol. The zero-order chi connectivity index (χ0) is 11.6. The second-order valence-electron chi connectivity index (χ2n) is 4.87. The molecule has 2 atom stereocenters. The van der Waals surface area contributed by atoms with E-state index in [1.165, 1.54) is 5.57 Å². The van der Waals surface area contributed by atoms with Gasteiger partial charge in [0.1, 0.15) is 3.23 Å². The van der Waals surface area contributed by atoms with Gasteiger partial charge in [0.25, 0.3) is 0 Å². The molecule has 0 heterocycles. The Bertz CT molecular complexity index is 343. The van der Waals surface area contributed by atoms with Crippen molar-refractivity contribution < 1.29 is 5.11 Å². The van der Waals surface area contributed by atoms with Crippen molar-refractivity contribution in [3.05, 3.63) is 8.96 Å². The van der Waals surface area contributed by atoms with Crippen LogP contribution in [0.15, 0.2) is 8.96 Å². The molecule has 0 spiro atoms. The van der Waals surface area contributed by atoms with Gasteiger partial charge in [0.15, 0.2) is 0 Å². The number of halogens is 4. The van der Waals surface area contributed by atoms with Gasteiger partial charge < -0.3 is 5.11 Å². The van der Waals surface area contributed by atoms with Crippen LogP contribution in [0.5, 0.6) is 0 Å². The van der Waals surface area contributed by atoms with Gasteiger partial charge in [-0.05, 0) is 50.3 Å². The Morgan fingerprint density at radius 1 is 1.33 bits per heavy atom. The highest BCUT2D eigenvalue weighted by atomic mass is 79.9. The number of aliphatic hydroxyl groups is 1. The fourth-order valence-electron chi connectivity index (χ4n) is 3.07. The number of hydrogen-bond acceptors (Lipinski definition) is 1. The molecule has 0 aromatic carbocycles. The van der Waals surface area contributed by atoms with Crippen molar-refractivity contribution in [3.8, 4) is 0 Å². The molecule has 5 heteroatoms. The molecule has 1 N–H and O–H groups in total. The molecule has 0 saturated heterocycles. The van der Waals surface area contributed by atoms with Gasteiger partial charge in [-0.25, -0.2) is 0 Å². The molecule has 0 aromatic rings. The first-order valence-corrected chi connectivity index (χ1v) is 7.99. The average Bonchev–Trinajstić information content (AvgIpc) is 2.33. The lowest BCUT2D eigenvalue weighted by Gasteiger charge is -2.41. The van der Waals surface area contributed by atoms with Crippen molar-refractivity contribution in [2.45, 2.75) is 35.5 Å². The summed E-state index contributed by atoms with van der Waals surface area (Å²) in [5, 5.41) is 10.8. The van der Waals surface area contributed by atoms with Crippen molar-refractivity contribution in [1.29, 1.82) is 0 Å². The van der Waals surface area contributed by atoms with Crippen LogP contribution in [0.4, 0.5) is 0 Å². The normalized spacial score (nSPS) is 41.0. The van der Waals surface area contributed by atoms with Gasteiger partial charge in [0, 0.05) is 11.3 Å². The van der Waals surface area contributed by atoms with Crippen LogP contribution in [-0.2, 0) is 0 Å². The summed E-state index contributed by atoms with van der Waals surface area (Å²) in [6.07, 6.45) is 1.84. The molecule has 2 rings (SSSR count). The van der Waals surface area contributed by atoms with E-state index in [1.54, 1.807) is 0 Å². The van der Waals surface area contributed by atoms with E-state index in [0.717, 1.165) is 16.2 Å². The first kappa shape index (κ1) is 13.1. The third-order valence-corrected chi connectivity index (χ3v) is 7.31. The van der Waals surface area contributed by atoms with Crippen molar-refractivity contribution >= 4 is 63.7 Å². The topological polar surface area (TPSA) is 20.2 Å². The quantitative estimate of drug-likeness (QED) is 0.514. The summed E-state index contributed by atoms with van der Waals surface area (Å²) in [5.74, 6) is 0.325. The van der Waals surface area contributed by atoms with E-state index in [0.29, 0.717) is 5.92 Å². The van der Waals surface area contributed by atoms with E-state index in [9.17, 15) is 5.11 Å². The Labute approximate surface area is 124 Å². The van der Waals surface area contributed by atoms with E-state index >= 15 is 0 Å². The third-order valence-electron chi connectivity index (χ3n) is 4.04. The number of hydrogen-bond donors (Lipinski definition) is 1. The SMILES string of the molecule is CC1(C)C(=C(Br)Br)[C@@H]2CC[C@@]1(O)C2(Br)Br. The lowest BCUT2D eigenvalue weighted by atomic mass is 9.70. The van der Waals surface area contributed by atoms with E-state index in [-0.39, 0.29) is 5.41 Å². The molecule has 0 aliphatic heterocycles. The highest BCUT2D eigenvalue weighted by Gasteiger charge is 2.72. The molecule has 2 bridgehead atoms. The van der Waals surface area contributed by atoms with Crippen molar-refractivity contribution in [2.24, 2.45) is 11.3 Å². The molecule has 0 radical (unpaired) electrons. The molecule has 0 unspecified atom stereocenters. The molecule has 1 nitrogen and oxygen atoms in total. The second kappa shape index (κ2) is 3.56. The summed E-state index contributed by atoms with van der Waals surface area (Å²) in [7, 11) is 0. The van der Waals surface area contributed by atoms with Crippen molar-refractivity contribution in [2.75, 3.05) is 0 Å². The summed E-state index contributed by atoms with van der Waals surface area (Å²) in [6, 6.07) is 0. The summed E-state index contributed by atoms with van der Waals surface area (Å²) in [5.41, 5.74) is 0.294. The third kappa shape index (κ3) is 1.39. The number of rotatable bonds is 0. The van der Waals surface area contributed by atoms with E-state index in [2.05, 4.69) is 77.6 Å². The predicted molar refractivity (Wildman–Crippen MR) is 76.9 cm³/mol. The molecule has 86 valence electrons. The van der Waals surface area contributed by atoms with Gasteiger partial charge in [-0.1, -0.05) is 45.7 Å². The zero-order valence-electron chi connectivity index (χ0n) is 8.45. The number of alkyl halides is 2. The molecule has 15 heavy (non-hydrogen) atoms. The largest absolute Gasteiger partial charge is 0.387 e. The molecular formula is C10H12Br4O. The highest BCUT2D eigenvalue weighted by Crippen LogP contribution is 2.72. The lowest BCUT2D eigenvalue weighted by molar-refractivity contribution is -0.0281. The van der Waals surface area contributed by atoms with E-state index in [1.807, 2.05) is 0 Å². The van der Waals surface area contributed by atoms with Crippen LogP contribution in [0.1, 0.15) is 26.7 Å². The van der Waals surface area contributed by atoms with Gasteiger partial charge in [-0.15, -0.1) is 0 Å². The highest BCUT2D eigenvalue weighted by molar-refractivity contribution is 9.28. The van der Waals surface area contributed by atoms with Crippen LogP contribution >= 0.6 is 63.7 Å². The lowest BCUT2D eigenvalue weighted by Crippen LogP contribution is -2.48. The van der Waals surface area contributed by atoms with Gasteiger partial charge in [0.05, 0.1) is 8.99 Å². The fraction of sp³-hybridized carbons (Fsp3) is 0.800. The summed E-state index contributed by atoms with van der Waals surface area (Å²) in [6.45, 7) is 4.20. The van der Waals surface area contributed by atoms with Gasteiger partial charge in [-0.2, -0.15) is 0 Å². The minimum atomic E-state index is -0.729. The van der Waals surface area contributed by atoms with E-state index in [4.69, 9.17) is 0 Å². The van der Waals surface area contributed by atoms with Crippen LogP contribution in [0, 0.1) is 11.3 Å². The first-order valence-electron chi connectivity index (χ1n) is 4.82. The molecule has 2 aliphatic carbocycles. The predicted octanol–water partition coefficient (Wildman–Crippen LogP) is 4.65. The van der Waals surface area contributed by atoms with Crippen LogP contribution < -0.4 is 0 Å². The minimum absolute atomic E-state index is 0.231. The van der Waals surface area contributed by atoms with Gasteiger partial charge >= 0.3 is 0 Å². The van der Waals surface area contributed by atoms with Gasteiger partial charge in [0.2, 0.25) is 0 Å². The number of fused-ring (bicyclic) bond motifs is 2. The molecule has 0 amide bonds. The van der Waals surface area contributed by atoms with Crippen molar-refractivity contribution in [3.63, 3.8) is 0 Å². The zero-order valence-corrected chi connectivity index (χ0v) is 14.8. The Balaban J connectivity index is 2.66. The Hall–Kier alpha value is 1.62. The van der Waals surface area contributed by atoms with Crippen LogP contribution in [0.25, 0.3) is 0 Å². The summed E-state index contributed by atoms with van der Waals surface area (Å²) < 4.78 is 0.586. The average molecular weight is 468 g/mol. The molecule has 2 aliphatic rings. The summed E-state index contributed by atoms with van der Waals surface area (Å²) in [4.78, 5) is 0. The fourth-order valence-corrected chi connectivity index (χ4v) is 6.92. The van der Waals surface area contributed by atoms with Crippen molar-refractivity contribution in [1.82, 2.24) is 0 Å².